The first-order chi connectivity index (χ1) is 11.3. The molecule has 0 spiro atoms. The number of amides is 2. The third-order valence-corrected chi connectivity index (χ3v) is 4.56. The fourth-order valence-corrected chi connectivity index (χ4v) is 3.01. The van der Waals surface area contributed by atoms with E-state index in [4.69, 9.17) is 5.14 Å². The number of carbonyl (C=O) groups excluding carboxylic acids is 2. The molecule has 0 unspecified atom stereocenters. The Kier molecular flexibility index (Phi) is 4.08. The van der Waals surface area contributed by atoms with Gasteiger partial charge in [-0.3, -0.25) is 9.59 Å². The number of hydrogen-bond donors (Lipinski definition) is 3. The van der Waals surface area contributed by atoms with E-state index in [9.17, 15) is 18.0 Å². The molecule has 8 heteroatoms. The first kappa shape index (κ1) is 16.2. The molecule has 1 aliphatic heterocycles. The lowest BCUT2D eigenvalue weighted by Crippen LogP contribution is -2.15. The van der Waals surface area contributed by atoms with Crippen molar-refractivity contribution < 1.29 is 18.0 Å². The van der Waals surface area contributed by atoms with Crippen molar-refractivity contribution in [2.45, 2.75) is 17.7 Å². The summed E-state index contributed by atoms with van der Waals surface area (Å²) in [6.45, 7) is 0. The zero-order valence-electron chi connectivity index (χ0n) is 12.6. The maximum atomic E-state index is 12.1. The predicted octanol–water partition coefficient (Wildman–Crippen LogP) is 1.01. The average molecular weight is 345 g/mol. The smallest absolute Gasteiger partial charge is 0.238 e. The second-order valence-corrected chi connectivity index (χ2v) is 7.07. The molecule has 24 heavy (non-hydrogen) atoms. The van der Waals surface area contributed by atoms with Gasteiger partial charge in [-0.1, -0.05) is 12.1 Å². The summed E-state index contributed by atoms with van der Waals surface area (Å²) >= 11 is 0. The van der Waals surface area contributed by atoms with E-state index in [1.165, 1.54) is 12.1 Å². The number of hydrogen-bond acceptors (Lipinski definition) is 4. The molecule has 0 aliphatic carbocycles. The number of benzene rings is 2. The van der Waals surface area contributed by atoms with Gasteiger partial charge in [0.1, 0.15) is 0 Å². The van der Waals surface area contributed by atoms with Crippen molar-refractivity contribution in [1.29, 1.82) is 0 Å². The van der Waals surface area contributed by atoms with Crippen molar-refractivity contribution in [2.24, 2.45) is 5.14 Å². The minimum absolute atomic E-state index is 0.00227. The first-order valence-electron chi connectivity index (χ1n) is 7.16. The van der Waals surface area contributed by atoms with Crippen LogP contribution in [-0.4, -0.2) is 20.2 Å². The molecular weight excluding hydrogens is 330 g/mol. The van der Waals surface area contributed by atoms with Crippen molar-refractivity contribution in [2.75, 3.05) is 10.6 Å². The highest BCUT2D eigenvalue weighted by atomic mass is 32.2. The number of carbonyl (C=O) groups is 2. The Morgan fingerprint density at radius 3 is 2.54 bits per heavy atom. The quantitative estimate of drug-likeness (QED) is 0.766. The van der Waals surface area contributed by atoms with Crippen molar-refractivity contribution >= 4 is 33.2 Å². The summed E-state index contributed by atoms with van der Waals surface area (Å²) in [6.07, 6.45) is 0.396. The lowest BCUT2D eigenvalue weighted by atomic mass is 10.1. The van der Waals surface area contributed by atoms with Gasteiger partial charge in [-0.25, -0.2) is 13.6 Å². The summed E-state index contributed by atoms with van der Waals surface area (Å²) in [5, 5.41) is 10.5. The van der Waals surface area contributed by atoms with Crippen LogP contribution in [0.1, 0.15) is 11.1 Å². The van der Waals surface area contributed by atoms with Gasteiger partial charge >= 0.3 is 0 Å². The van der Waals surface area contributed by atoms with Crippen LogP contribution in [0.2, 0.25) is 0 Å². The third-order valence-electron chi connectivity index (χ3n) is 3.63. The molecule has 1 aliphatic rings. The van der Waals surface area contributed by atoms with Gasteiger partial charge in [-0.2, -0.15) is 0 Å². The highest BCUT2D eigenvalue weighted by Gasteiger charge is 2.18. The number of rotatable bonds is 4. The van der Waals surface area contributed by atoms with Gasteiger partial charge in [0.25, 0.3) is 0 Å². The third kappa shape index (κ3) is 3.61. The largest absolute Gasteiger partial charge is 0.326 e. The van der Waals surface area contributed by atoms with Crippen molar-refractivity contribution in [3.05, 3.63) is 53.6 Å². The fraction of sp³-hybridized carbons (Fsp3) is 0.125. The zero-order chi connectivity index (χ0) is 17.3. The van der Waals surface area contributed by atoms with Crippen LogP contribution in [0.4, 0.5) is 11.4 Å². The minimum Gasteiger partial charge on any atom is -0.326 e. The molecule has 3 rings (SSSR count). The standard InChI is InChI=1S/C16H15N3O4S/c17-24(22,23)13-4-1-10(2-5-13)7-15(20)18-12-3-6-14-11(8-12)9-16(21)19-14/h1-6,8H,7,9H2,(H,18,20)(H,19,21)(H2,17,22,23). The number of nitrogens with two attached hydrogens (primary N) is 1. The minimum atomic E-state index is -3.74. The van der Waals surface area contributed by atoms with Gasteiger partial charge < -0.3 is 10.6 Å². The summed E-state index contributed by atoms with van der Waals surface area (Å²) in [4.78, 5) is 23.4. The average Bonchev–Trinajstić information content (AvgIpc) is 2.86. The molecule has 0 fully saturated rings. The van der Waals surface area contributed by atoms with Crippen molar-refractivity contribution in [1.82, 2.24) is 0 Å². The first-order valence-corrected chi connectivity index (χ1v) is 8.70. The van der Waals surface area contributed by atoms with Crippen LogP contribution in [0.15, 0.2) is 47.4 Å². The van der Waals surface area contributed by atoms with E-state index < -0.39 is 10.0 Å². The lowest BCUT2D eigenvalue weighted by molar-refractivity contribution is -0.116. The summed E-state index contributed by atoms with van der Waals surface area (Å²) in [7, 11) is -3.74. The van der Waals surface area contributed by atoms with E-state index in [0.717, 1.165) is 11.3 Å². The summed E-state index contributed by atoms with van der Waals surface area (Å²) < 4.78 is 22.4. The predicted molar refractivity (Wildman–Crippen MR) is 88.9 cm³/mol. The normalized spacial score (nSPS) is 13.3. The van der Waals surface area contributed by atoms with Crippen molar-refractivity contribution in [3.8, 4) is 0 Å². The Balaban J connectivity index is 1.66. The van der Waals surface area contributed by atoms with E-state index in [2.05, 4.69) is 10.6 Å². The number of nitrogens with one attached hydrogen (secondary N) is 2. The van der Waals surface area contributed by atoms with Gasteiger partial charge in [0.15, 0.2) is 0 Å². The van der Waals surface area contributed by atoms with Crippen LogP contribution in [-0.2, 0) is 32.5 Å². The number of sulfonamides is 1. The van der Waals surface area contributed by atoms with Crippen LogP contribution in [0.5, 0.6) is 0 Å². The summed E-state index contributed by atoms with van der Waals surface area (Å²) in [5.41, 5.74) is 2.88. The van der Waals surface area contributed by atoms with E-state index >= 15 is 0 Å². The molecule has 0 atom stereocenters. The van der Waals surface area contributed by atoms with Gasteiger partial charge in [0.2, 0.25) is 21.8 Å². The molecule has 2 aromatic rings. The molecule has 0 saturated carbocycles. The second kappa shape index (κ2) is 6.06. The molecule has 0 aromatic heterocycles. The Hall–Kier alpha value is -2.71. The number of fused-ring (bicyclic) bond motifs is 1. The molecule has 2 amide bonds. The van der Waals surface area contributed by atoms with Crippen LogP contribution >= 0.6 is 0 Å². The topological polar surface area (TPSA) is 118 Å². The molecule has 2 aromatic carbocycles. The number of primary sulfonamides is 1. The Morgan fingerprint density at radius 2 is 1.88 bits per heavy atom. The summed E-state index contributed by atoms with van der Waals surface area (Å²) in [5.74, 6) is -0.306. The zero-order valence-corrected chi connectivity index (χ0v) is 13.4. The summed E-state index contributed by atoms with van der Waals surface area (Å²) in [6, 6.07) is 11.0. The van der Waals surface area contributed by atoms with Gasteiger partial charge in [-0.15, -0.1) is 0 Å². The molecule has 0 saturated heterocycles. The van der Waals surface area contributed by atoms with Crippen LogP contribution in [0, 0.1) is 0 Å². The molecule has 0 bridgehead atoms. The Bertz CT molecular complexity index is 921. The molecule has 124 valence electrons. The second-order valence-electron chi connectivity index (χ2n) is 5.51. The molecule has 7 nitrogen and oxygen atoms in total. The lowest BCUT2D eigenvalue weighted by Gasteiger charge is -2.07. The van der Waals surface area contributed by atoms with Crippen LogP contribution in [0.25, 0.3) is 0 Å². The highest BCUT2D eigenvalue weighted by molar-refractivity contribution is 7.89. The fourth-order valence-electron chi connectivity index (χ4n) is 2.49. The molecule has 0 radical (unpaired) electrons. The molecule has 4 N–H and O–H groups in total. The van der Waals surface area contributed by atoms with E-state index in [1.807, 2.05) is 0 Å². The molecule has 1 heterocycles. The highest BCUT2D eigenvalue weighted by Crippen LogP contribution is 2.26. The van der Waals surface area contributed by atoms with Gasteiger partial charge in [0.05, 0.1) is 17.7 Å². The van der Waals surface area contributed by atoms with Crippen LogP contribution < -0.4 is 15.8 Å². The Morgan fingerprint density at radius 1 is 1.17 bits per heavy atom. The van der Waals surface area contributed by atoms with E-state index in [1.54, 1.807) is 30.3 Å². The maximum absolute atomic E-state index is 12.1. The SMILES string of the molecule is NS(=O)(=O)c1ccc(CC(=O)Nc2ccc3c(c2)CC(=O)N3)cc1. The Labute approximate surface area is 138 Å². The maximum Gasteiger partial charge on any atom is 0.238 e. The monoisotopic (exact) mass is 345 g/mol. The molecular formula is C16H15N3O4S. The van der Waals surface area contributed by atoms with E-state index in [-0.39, 0.29) is 23.1 Å². The van der Waals surface area contributed by atoms with Crippen molar-refractivity contribution in [3.63, 3.8) is 0 Å². The van der Waals surface area contributed by atoms with Gasteiger partial charge in [0, 0.05) is 11.4 Å². The van der Waals surface area contributed by atoms with Crippen LogP contribution in [0.3, 0.4) is 0 Å². The van der Waals surface area contributed by atoms with E-state index in [0.29, 0.717) is 17.7 Å². The number of anilines is 2. The van der Waals surface area contributed by atoms with Gasteiger partial charge in [-0.05, 0) is 41.5 Å².